The van der Waals surface area contributed by atoms with Gasteiger partial charge >= 0.3 is 0 Å². The molecule has 5 heteroatoms. The average molecular weight is 222 g/mol. The number of hydrogen-bond acceptors (Lipinski definition) is 3. The number of rotatable bonds is 1. The van der Waals surface area contributed by atoms with E-state index in [2.05, 4.69) is 24.1 Å². The maximum absolute atomic E-state index is 12.3. The lowest BCUT2D eigenvalue weighted by molar-refractivity contribution is 0.0528. The van der Waals surface area contributed by atoms with Crippen LogP contribution in [-0.2, 0) is 7.05 Å². The Morgan fingerprint density at radius 1 is 1.44 bits per heavy atom. The second-order valence-electron chi connectivity index (χ2n) is 4.43. The first-order valence-corrected chi connectivity index (χ1v) is 5.62. The Bertz CT molecular complexity index is 377. The molecule has 0 spiro atoms. The third-order valence-electron chi connectivity index (χ3n) is 3.08. The van der Waals surface area contributed by atoms with Gasteiger partial charge in [-0.25, -0.2) is 4.98 Å². The summed E-state index contributed by atoms with van der Waals surface area (Å²) in [7, 11) is 1.85. The highest BCUT2D eigenvalue weighted by Crippen LogP contribution is 2.13. The summed E-state index contributed by atoms with van der Waals surface area (Å²) in [6.07, 6.45) is 3.45. The Kier molecular flexibility index (Phi) is 2.96. The Hall–Kier alpha value is -1.36. The number of nitrogens with one attached hydrogen (secondary N) is 1. The van der Waals surface area contributed by atoms with E-state index in [1.54, 1.807) is 17.0 Å². The van der Waals surface area contributed by atoms with Crippen LogP contribution < -0.4 is 5.32 Å². The number of carbonyl (C=O) groups excluding carboxylic acids is 1. The molecule has 1 N–H and O–H groups in total. The number of nitrogens with zero attached hydrogens (tertiary/aromatic N) is 3. The van der Waals surface area contributed by atoms with Crippen molar-refractivity contribution in [3.05, 3.63) is 18.2 Å². The van der Waals surface area contributed by atoms with Gasteiger partial charge in [0.2, 0.25) is 0 Å². The van der Waals surface area contributed by atoms with Gasteiger partial charge in [0, 0.05) is 44.6 Å². The zero-order chi connectivity index (χ0) is 11.7. The number of hydrogen-bond donors (Lipinski definition) is 1. The molecule has 0 saturated carbocycles. The molecule has 1 aliphatic heterocycles. The Morgan fingerprint density at radius 3 is 2.56 bits per heavy atom. The van der Waals surface area contributed by atoms with Crippen LogP contribution in [0.3, 0.4) is 0 Å². The first-order valence-electron chi connectivity index (χ1n) is 5.62. The molecule has 0 aliphatic carbocycles. The lowest BCUT2D eigenvalue weighted by atomic mass is 10.1. The van der Waals surface area contributed by atoms with E-state index in [1.165, 1.54) is 0 Å². The highest BCUT2D eigenvalue weighted by atomic mass is 16.2. The molecule has 1 fully saturated rings. The summed E-state index contributed by atoms with van der Waals surface area (Å²) in [6, 6.07) is 0.431. The van der Waals surface area contributed by atoms with Gasteiger partial charge in [0.1, 0.15) is 0 Å². The third-order valence-corrected chi connectivity index (χ3v) is 3.08. The molecule has 0 radical (unpaired) electrons. The number of imidazole rings is 1. The van der Waals surface area contributed by atoms with Crippen molar-refractivity contribution in [2.45, 2.75) is 25.9 Å². The summed E-state index contributed by atoms with van der Waals surface area (Å²) in [5.74, 6) is 0.537. The summed E-state index contributed by atoms with van der Waals surface area (Å²) < 4.78 is 1.77. The van der Waals surface area contributed by atoms with Crippen LogP contribution in [0.5, 0.6) is 0 Å². The van der Waals surface area contributed by atoms with Crippen LogP contribution in [0.25, 0.3) is 0 Å². The van der Waals surface area contributed by atoms with Crippen molar-refractivity contribution in [1.29, 1.82) is 0 Å². The first-order chi connectivity index (χ1) is 7.61. The largest absolute Gasteiger partial charge is 0.330 e. The van der Waals surface area contributed by atoms with Gasteiger partial charge < -0.3 is 14.8 Å². The predicted octanol–water partition coefficient (Wildman–Crippen LogP) is 0.242. The van der Waals surface area contributed by atoms with E-state index in [0.29, 0.717) is 5.82 Å². The summed E-state index contributed by atoms with van der Waals surface area (Å²) in [4.78, 5) is 18.3. The Morgan fingerprint density at radius 2 is 2.06 bits per heavy atom. The van der Waals surface area contributed by atoms with Crippen LogP contribution >= 0.6 is 0 Å². The van der Waals surface area contributed by atoms with Crippen molar-refractivity contribution < 1.29 is 4.79 Å². The maximum atomic E-state index is 12.3. The second kappa shape index (κ2) is 4.25. The van der Waals surface area contributed by atoms with Crippen LogP contribution in [0, 0.1) is 0 Å². The van der Waals surface area contributed by atoms with E-state index in [9.17, 15) is 4.79 Å². The molecule has 1 aromatic heterocycles. The lowest BCUT2D eigenvalue weighted by Gasteiger charge is -2.39. The zero-order valence-corrected chi connectivity index (χ0v) is 9.97. The minimum atomic E-state index is 0.0222. The van der Waals surface area contributed by atoms with Gasteiger partial charge in [0.05, 0.1) is 0 Å². The number of aromatic nitrogens is 2. The van der Waals surface area contributed by atoms with E-state index in [-0.39, 0.29) is 18.0 Å². The van der Waals surface area contributed by atoms with Crippen molar-refractivity contribution in [3.63, 3.8) is 0 Å². The topological polar surface area (TPSA) is 50.2 Å². The third kappa shape index (κ3) is 1.82. The fraction of sp³-hybridized carbons (Fsp3) is 0.636. The van der Waals surface area contributed by atoms with Crippen molar-refractivity contribution >= 4 is 5.91 Å². The quantitative estimate of drug-likeness (QED) is 0.740. The van der Waals surface area contributed by atoms with Crippen LogP contribution in [0.2, 0.25) is 0 Å². The van der Waals surface area contributed by atoms with Gasteiger partial charge in [0.25, 0.3) is 5.91 Å². The summed E-state index contributed by atoms with van der Waals surface area (Å²) in [6.45, 7) is 5.81. The normalized spacial score (nSPS) is 25.8. The highest BCUT2D eigenvalue weighted by molar-refractivity contribution is 5.91. The van der Waals surface area contributed by atoms with Gasteiger partial charge in [-0.15, -0.1) is 0 Å². The van der Waals surface area contributed by atoms with E-state index < -0.39 is 0 Å². The minimum absolute atomic E-state index is 0.0222. The number of amides is 1. The molecular formula is C11H18N4O. The average Bonchev–Trinajstić information content (AvgIpc) is 2.64. The summed E-state index contributed by atoms with van der Waals surface area (Å²) in [5.41, 5.74) is 0. The van der Waals surface area contributed by atoms with Crippen LogP contribution in [0.15, 0.2) is 12.4 Å². The molecule has 16 heavy (non-hydrogen) atoms. The van der Waals surface area contributed by atoms with Crippen molar-refractivity contribution in [2.24, 2.45) is 7.05 Å². The smallest absolute Gasteiger partial charge is 0.290 e. The zero-order valence-electron chi connectivity index (χ0n) is 9.97. The van der Waals surface area contributed by atoms with Gasteiger partial charge in [0.15, 0.2) is 5.82 Å². The number of aryl methyl sites for hydroxylation is 1. The van der Waals surface area contributed by atoms with Crippen LogP contribution in [0.4, 0.5) is 0 Å². The SMILES string of the molecule is CC1CNCC(C)N1C(=O)c1nccn1C. The molecule has 2 unspecified atom stereocenters. The Labute approximate surface area is 95.5 Å². The number of carbonyl (C=O) groups is 1. The van der Waals surface area contributed by atoms with Crippen molar-refractivity contribution in [2.75, 3.05) is 13.1 Å². The first kappa shape index (κ1) is 11.1. The van der Waals surface area contributed by atoms with E-state index in [4.69, 9.17) is 0 Å². The Balaban J connectivity index is 2.23. The molecule has 1 aliphatic rings. The lowest BCUT2D eigenvalue weighted by Crippen LogP contribution is -2.57. The van der Waals surface area contributed by atoms with E-state index in [0.717, 1.165) is 13.1 Å². The predicted molar refractivity (Wildman–Crippen MR) is 61.2 cm³/mol. The van der Waals surface area contributed by atoms with Gasteiger partial charge in [-0.2, -0.15) is 0 Å². The van der Waals surface area contributed by atoms with Gasteiger partial charge in [-0.05, 0) is 13.8 Å². The maximum Gasteiger partial charge on any atom is 0.290 e. The molecular weight excluding hydrogens is 204 g/mol. The standard InChI is InChI=1S/C11H18N4O/c1-8-6-12-7-9(2)15(8)11(16)10-13-4-5-14(10)3/h4-5,8-9,12H,6-7H2,1-3H3. The molecule has 2 rings (SSSR count). The monoisotopic (exact) mass is 222 g/mol. The minimum Gasteiger partial charge on any atom is -0.330 e. The molecule has 5 nitrogen and oxygen atoms in total. The van der Waals surface area contributed by atoms with Gasteiger partial charge in [-0.1, -0.05) is 0 Å². The van der Waals surface area contributed by atoms with Gasteiger partial charge in [-0.3, -0.25) is 4.79 Å². The second-order valence-corrected chi connectivity index (χ2v) is 4.43. The van der Waals surface area contributed by atoms with Crippen LogP contribution in [-0.4, -0.2) is 45.5 Å². The van der Waals surface area contributed by atoms with Crippen molar-refractivity contribution in [3.8, 4) is 0 Å². The highest BCUT2D eigenvalue weighted by Gasteiger charge is 2.31. The summed E-state index contributed by atoms with van der Waals surface area (Å²) in [5, 5.41) is 3.31. The molecule has 2 atom stereocenters. The van der Waals surface area contributed by atoms with Crippen LogP contribution in [0.1, 0.15) is 24.5 Å². The molecule has 1 aromatic rings. The molecule has 0 aromatic carbocycles. The van der Waals surface area contributed by atoms with E-state index >= 15 is 0 Å². The molecule has 2 heterocycles. The van der Waals surface area contributed by atoms with Crippen molar-refractivity contribution in [1.82, 2.24) is 19.8 Å². The fourth-order valence-electron chi connectivity index (χ4n) is 2.22. The molecule has 1 saturated heterocycles. The molecule has 88 valence electrons. The molecule has 1 amide bonds. The fourth-order valence-corrected chi connectivity index (χ4v) is 2.22. The summed E-state index contributed by atoms with van der Waals surface area (Å²) >= 11 is 0. The number of piperazine rings is 1. The molecule has 0 bridgehead atoms. The van der Waals surface area contributed by atoms with E-state index in [1.807, 2.05) is 11.9 Å².